The summed E-state index contributed by atoms with van der Waals surface area (Å²) in [4.78, 5) is 14.7. The number of hydrogen-bond donors (Lipinski definition) is 1. The first-order valence-corrected chi connectivity index (χ1v) is 10.0. The third-order valence-electron chi connectivity index (χ3n) is 5.36. The van der Waals surface area contributed by atoms with Crippen LogP contribution < -0.4 is 5.32 Å². The molecule has 1 amide bonds. The van der Waals surface area contributed by atoms with E-state index < -0.39 is 0 Å². The molecule has 28 heavy (non-hydrogen) atoms. The standard InChI is InChI=1S/C21H23ClN4O2/c22-17-3-1-2-4-18(17)23-21(27)8-6-15-9-11-26(12-10-15)14-16-5-7-19-20(13-16)25-28-24-19/h1-5,7,13,15H,6,8-12,14H2,(H,23,27). The number of fused-ring (bicyclic) bond motifs is 1. The number of piperidine rings is 1. The molecule has 2 aromatic carbocycles. The van der Waals surface area contributed by atoms with Gasteiger partial charge >= 0.3 is 0 Å². The zero-order valence-electron chi connectivity index (χ0n) is 15.6. The van der Waals surface area contributed by atoms with E-state index in [9.17, 15) is 4.79 Å². The molecule has 0 radical (unpaired) electrons. The topological polar surface area (TPSA) is 71.3 Å². The Labute approximate surface area is 168 Å². The van der Waals surface area contributed by atoms with Gasteiger partial charge < -0.3 is 5.32 Å². The Hall–Kier alpha value is -2.44. The van der Waals surface area contributed by atoms with E-state index in [0.717, 1.165) is 49.9 Å². The number of anilines is 1. The lowest BCUT2D eigenvalue weighted by molar-refractivity contribution is -0.116. The first-order valence-electron chi connectivity index (χ1n) is 9.65. The molecule has 0 saturated carbocycles. The van der Waals surface area contributed by atoms with Gasteiger partial charge in [-0.25, -0.2) is 4.63 Å². The molecule has 3 aromatic rings. The number of amides is 1. The van der Waals surface area contributed by atoms with E-state index in [1.165, 1.54) is 5.56 Å². The molecule has 0 bridgehead atoms. The van der Waals surface area contributed by atoms with E-state index in [2.05, 4.69) is 26.6 Å². The van der Waals surface area contributed by atoms with Crippen LogP contribution in [0.3, 0.4) is 0 Å². The molecule has 146 valence electrons. The lowest BCUT2D eigenvalue weighted by Gasteiger charge is -2.31. The SMILES string of the molecule is O=C(CCC1CCN(Cc2ccc3nonc3c2)CC1)Nc1ccccc1Cl. The van der Waals surface area contributed by atoms with Crippen molar-refractivity contribution in [2.24, 2.45) is 5.92 Å². The quantitative estimate of drug-likeness (QED) is 0.661. The molecule has 0 unspecified atom stereocenters. The fraction of sp³-hybridized carbons (Fsp3) is 0.381. The molecule has 0 atom stereocenters. The number of aromatic nitrogens is 2. The van der Waals surface area contributed by atoms with Gasteiger partial charge in [0.2, 0.25) is 5.91 Å². The predicted molar refractivity (Wildman–Crippen MR) is 109 cm³/mol. The molecule has 0 spiro atoms. The number of carbonyl (C=O) groups excluding carboxylic acids is 1. The molecular formula is C21H23ClN4O2. The van der Waals surface area contributed by atoms with Crippen molar-refractivity contribution in [2.75, 3.05) is 18.4 Å². The van der Waals surface area contributed by atoms with Crippen LogP contribution in [0.15, 0.2) is 47.1 Å². The van der Waals surface area contributed by atoms with Crippen LogP contribution >= 0.6 is 11.6 Å². The summed E-state index contributed by atoms with van der Waals surface area (Å²) in [5.41, 5.74) is 3.50. The molecule has 0 aliphatic carbocycles. The summed E-state index contributed by atoms with van der Waals surface area (Å²) in [7, 11) is 0. The number of halogens is 1. The number of likely N-dealkylation sites (tertiary alicyclic amines) is 1. The van der Waals surface area contributed by atoms with Gasteiger partial charge in [-0.05, 0) is 78.4 Å². The van der Waals surface area contributed by atoms with Crippen molar-refractivity contribution >= 4 is 34.2 Å². The second-order valence-corrected chi connectivity index (χ2v) is 7.78. The Morgan fingerprint density at radius 2 is 1.93 bits per heavy atom. The van der Waals surface area contributed by atoms with Gasteiger partial charge in [-0.1, -0.05) is 29.8 Å². The van der Waals surface area contributed by atoms with E-state index in [0.29, 0.717) is 23.0 Å². The van der Waals surface area contributed by atoms with Gasteiger partial charge in [-0.15, -0.1) is 0 Å². The normalized spacial score (nSPS) is 15.8. The van der Waals surface area contributed by atoms with E-state index in [1.54, 1.807) is 6.07 Å². The fourth-order valence-electron chi connectivity index (χ4n) is 3.73. The van der Waals surface area contributed by atoms with Crippen LogP contribution in [-0.2, 0) is 11.3 Å². The Balaban J connectivity index is 1.21. The van der Waals surface area contributed by atoms with Gasteiger partial charge in [-0.2, -0.15) is 0 Å². The summed E-state index contributed by atoms with van der Waals surface area (Å²) in [6.45, 7) is 3.00. The van der Waals surface area contributed by atoms with Gasteiger partial charge in [0, 0.05) is 13.0 Å². The van der Waals surface area contributed by atoms with Crippen molar-refractivity contribution in [3.63, 3.8) is 0 Å². The molecule has 6 nitrogen and oxygen atoms in total. The maximum Gasteiger partial charge on any atom is 0.224 e. The maximum absolute atomic E-state index is 12.2. The molecule has 1 fully saturated rings. The smallest absolute Gasteiger partial charge is 0.224 e. The summed E-state index contributed by atoms with van der Waals surface area (Å²) in [5.74, 6) is 0.625. The third kappa shape index (κ3) is 4.69. The highest BCUT2D eigenvalue weighted by atomic mass is 35.5. The molecule has 1 saturated heterocycles. The van der Waals surface area contributed by atoms with Crippen LogP contribution in [0.4, 0.5) is 5.69 Å². The maximum atomic E-state index is 12.2. The van der Waals surface area contributed by atoms with Gasteiger partial charge in [0.05, 0.1) is 10.7 Å². The van der Waals surface area contributed by atoms with Crippen LogP contribution in [0.1, 0.15) is 31.2 Å². The van der Waals surface area contributed by atoms with Crippen LogP contribution in [0, 0.1) is 5.92 Å². The highest BCUT2D eigenvalue weighted by Crippen LogP contribution is 2.25. The van der Waals surface area contributed by atoms with Crippen LogP contribution in [0.2, 0.25) is 5.02 Å². The van der Waals surface area contributed by atoms with E-state index in [-0.39, 0.29) is 5.91 Å². The number of rotatable bonds is 6. The number of benzene rings is 2. The average molecular weight is 399 g/mol. The van der Waals surface area contributed by atoms with Crippen LogP contribution in [-0.4, -0.2) is 34.2 Å². The second kappa shape index (κ2) is 8.71. The molecule has 4 rings (SSSR count). The van der Waals surface area contributed by atoms with Crippen molar-refractivity contribution in [2.45, 2.75) is 32.2 Å². The highest BCUT2D eigenvalue weighted by molar-refractivity contribution is 6.33. The third-order valence-corrected chi connectivity index (χ3v) is 5.69. The van der Waals surface area contributed by atoms with E-state index in [1.807, 2.05) is 30.3 Å². The van der Waals surface area contributed by atoms with E-state index in [4.69, 9.17) is 16.2 Å². The zero-order chi connectivity index (χ0) is 19.3. The van der Waals surface area contributed by atoms with Gasteiger partial charge in [0.15, 0.2) is 0 Å². The Morgan fingerprint density at radius 3 is 2.75 bits per heavy atom. The van der Waals surface area contributed by atoms with Gasteiger partial charge in [-0.3, -0.25) is 9.69 Å². The second-order valence-electron chi connectivity index (χ2n) is 7.37. The first kappa shape index (κ1) is 18.9. The summed E-state index contributed by atoms with van der Waals surface area (Å²) < 4.78 is 4.76. The molecule has 7 heteroatoms. The number of nitrogens with one attached hydrogen (secondary N) is 1. The summed E-state index contributed by atoms with van der Waals surface area (Å²) in [5, 5.41) is 11.2. The summed E-state index contributed by atoms with van der Waals surface area (Å²) >= 11 is 6.09. The molecule has 1 aliphatic heterocycles. The fourth-order valence-corrected chi connectivity index (χ4v) is 3.91. The molecular weight excluding hydrogens is 376 g/mol. The highest BCUT2D eigenvalue weighted by Gasteiger charge is 2.20. The predicted octanol–water partition coefficient (Wildman–Crippen LogP) is 4.51. The molecule has 1 N–H and O–H groups in total. The van der Waals surface area contributed by atoms with Crippen molar-refractivity contribution in [3.8, 4) is 0 Å². The van der Waals surface area contributed by atoms with Gasteiger partial charge in [0.25, 0.3) is 0 Å². The molecule has 2 heterocycles. The Bertz CT molecular complexity index is 950. The molecule has 1 aliphatic rings. The molecule has 1 aromatic heterocycles. The zero-order valence-corrected chi connectivity index (χ0v) is 16.4. The minimum atomic E-state index is 0.0325. The minimum Gasteiger partial charge on any atom is -0.325 e. The Morgan fingerprint density at radius 1 is 1.14 bits per heavy atom. The number of nitrogens with zero attached hydrogens (tertiary/aromatic N) is 3. The number of carbonyl (C=O) groups is 1. The largest absolute Gasteiger partial charge is 0.325 e. The lowest BCUT2D eigenvalue weighted by Crippen LogP contribution is -2.33. The minimum absolute atomic E-state index is 0.0325. The monoisotopic (exact) mass is 398 g/mol. The van der Waals surface area contributed by atoms with Crippen molar-refractivity contribution in [1.82, 2.24) is 15.2 Å². The Kier molecular flexibility index (Phi) is 5.88. The number of para-hydroxylation sites is 1. The van der Waals surface area contributed by atoms with Gasteiger partial charge in [0.1, 0.15) is 11.0 Å². The lowest BCUT2D eigenvalue weighted by atomic mass is 9.92. The van der Waals surface area contributed by atoms with Crippen molar-refractivity contribution in [3.05, 3.63) is 53.1 Å². The van der Waals surface area contributed by atoms with E-state index >= 15 is 0 Å². The number of hydrogen-bond acceptors (Lipinski definition) is 5. The summed E-state index contributed by atoms with van der Waals surface area (Å²) in [6, 6.07) is 13.4. The summed E-state index contributed by atoms with van der Waals surface area (Å²) in [6.07, 6.45) is 3.69. The first-order chi connectivity index (χ1) is 13.7. The van der Waals surface area contributed by atoms with Crippen molar-refractivity contribution < 1.29 is 9.42 Å². The van der Waals surface area contributed by atoms with Crippen molar-refractivity contribution in [1.29, 1.82) is 0 Å². The average Bonchev–Trinajstić information content (AvgIpc) is 3.17. The van der Waals surface area contributed by atoms with Crippen LogP contribution in [0.25, 0.3) is 11.0 Å². The van der Waals surface area contributed by atoms with Crippen LogP contribution in [0.5, 0.6) is 0 Å².